The van der Waals surface area contributed by atoms with Crippen molar-refractivity contribution in [2.24, 2.45) is 0 Å². The molecule has 0 fully saturated rings. The highest BCUT2D eigenvalue weighted by molar-refractivity contribution is 5.89. The van der Waals surface area contributed by atoms with Crippen molar-refractivity contribution in [1.29, 1.82) is 0 Å². The van der Waals surface area contributed by atoms with Crippen LogP contribution in [0.4, 0.5) is 0 Å². The minimum absolute atomic E-state index is 0.0380. The largest absolute Gasteiger partial charge is 0.467 e. The summed E-state index contributed by atoms with van der Waals surface area (Å²) in [5.74, 6) is -1.32. The molecular weight excluding hydrogens is 292 g/mol. The maximum absolute atomic E-state index is 11.5. The first-order chi connectivity index (χ1) is 10.4. The molecule has 7 heteroatoms. The SMILES string of the molecule is COC(=O)c1ccc(OC(C)=O)c(COC(C)C(=O)OC)c1. The molecule has 0 saturated heterocycles. The lowest BCUT2D eigenvalue weighted by atomic mass is 10.1. The summed E-state index contributed by atoms with van der Waals surface area (Å²) in [6.07, 6.45) is -0.794. The van der Waals surface area contributed by atoms with E-state index in [1.807, 2.05) is 0 Å². The minimum atomic E-state index is -0.794. The molecule has 1 rings (SSSR count). The maximum Gasteiger partial charge on any atom is 0.337 e. The number of carbonyl (C=O) groups excluding carboxylic acids is 3. The van der Waals surface area contributed by atoms with E-state index in [2.05, 4.69) is 9.47 Å². The Morgan fingerprint density at radius 1 is 1.14 bits per heavy atom. The van der Waals surface area contributed by atoms with Crippen molar-refractivity contribution in [2.45, 2.75) is 26.6 Å². The van der Waals surface area contributed by atoms with E-state index in [-0.39, 0.29) is 17.9 Å². The lowest BCUT2D eigenvalue weighted by Crippen LogP contribution is -2.22. The number of methoxy groups -OCH3 is 2. The third kappa shape index (κ3) is 4.85. The van der Waals surface area contributed by atoms with Gasteiger partial charge >= 0.3 is 17.9 Å². The summed E-state index contributed by atoms with van der Waals surface area (Å²) in [6.45, 7) is 2.75. The molecule has 0 aliphatic heterocycles. The quantitative estimate of drug-likeness (QED) is 0.580. The van der Waals surface area contributed by atoms with Gasteiger partial charge < -0.3 is 18.9 Å². The fourth-order valence-electron chi connectivity index (χ4n) is 1.64. The van der Waals surface area contributed by atoms with Crippen LogP contribution in [0.15, 0.2) is 18.2 Å². The number of carbonyl (C=O) groups is 3. The van der Waals surface area contributed by atoms with E-state index in [0.717, 1.165) is 0 Å². The molecule has 0 radical (unpaired) electrons. The Morgan fingerprint density at radius 2 is 1.82 bits per heavy atom. The first-order valence-corrected chi connectivity index (χ1v) is 6.48. The van der Waals surface area contributed by atoms with E-state index >= 15 is 0 Å². The molecule has 1 aromatic carbocycles. The van der Waals surface area contributed by atoms with Gasteiger partial charge in [0, 0.05) is 12.5 Å². The van der Waals surface area contributed by atoms with Crippen LogP contribution in [0.2, 0.25) is 0 Å². The average Bonchev–Trinajstić information content (AvgIpc) is 2.51. The van der Waals surface area contributed by atoms with Gasteiger partial charge in [-0.25, -0.2) is 9.59 Å². The Balaban J connectivity index is 2.98. The second-order valence-corrected chi connectivity index (χ2v) is 4.38. The molecule has 0 aliphatic rings. The molecule has 0 aromatic heterocycles. The zero-order valence-corrected chi connectivity index (χ0v) is 12.9. The zero-order chi connectivity index (χ0) is 16.7. The number of hydrogen-bond donors (Lipinski definition) is 0. The fourth-order valence-corrected chi connectivity index (χ4v) is 1.64. The van der Waals surface area contributed by atoms with Crippen LogP contribution in [0.25, 0.3) is 0 Å². The van der Waals surface area contributed by atoms with E-state index in [1.54, 1.807) is 0 Å². The van der Waals surface area contributed by atoms with Gasteiger partial charge in [0.15, 0.2) is 6.10 Å². The summed E-state index contributed by atoms with van der Waals surface area (Å²) in [4.78, 5) is 34.0. The first kappa shape index (κ1) is 17.6. The molecule has 7 nitrogen and oxygen atoms in total. The molecule has 0 N–H and O–H groups in total. The standard InChI is InChI=1S/C15H18O7/c1-9(14(17)19-3)21-8-12-7-11(15(18)20-4)5-6-13(12)22-10(2)16/h5-7,9H,8H2,1-4H3. The summed E-state index contributed by atoms with van der Waals surface area (Å²) >= 11 is 0. The minimum Gasteiger partial charge on any atom is -0.467 e. The Labute approximate surface area is 128 Å². The smallest absolute Gasteiger partial charge is 0.337 e. The average molecular weight is 310 g/mol. The molecular formula is C15H18O7. The van der Waals surface area contributed by atoms with Crippen molar-refractivity contribution in [1.82, 2.24) is 0 Å². The van der Waals surface area contributed by atoms with Gasteiger partial charge in [0.2, 0.25) is 0 Å². The monoisotopic (exact) mass is 310 g/mol. The van der Waals surface area contributed by atoms with Crippen LogP contribution in [0, 0.1) is 0 Å². The highest BCUT2D eigenvalue weighted by atomic mass is 16.6. The summed E-state index contributed by atoms with van der Waals surface area (Å²) in [5.41, 5.74) is 0.719. The van der Waals surface area contributed by atoms with Crippen LogP contribution >= 0.6 is 0 Å². The third-order valence-electron chi connectivity index (χ3n) is 2.76. The van der Waals surface area contributed by atoms with Gasteiger partial charge in [-0.2, -0.15) is 0 Å². The molecule has 0 spiro atoms. The van der Waals surface area contributed by atoms with Crippen molar-refractivity contribution in [3.05, 3.63) is 29.3 Å². The second-order valence-electron chi connectivity index (χ2n) is 4.38. The molecule has 0 amide bonds. The summed E-state index contributed by atoms with van der Waals surface area (Å²) in [7, 11) is 2.52. The van der Waals surface area contributed by atoms with E-state index < -0.39 is 24.0 Å². The van der Waals surface area contributed by atoms with E-state index in [9.17, 15) is 14.4 Å². The molecule has 1 atom stereocenters. The van der Waals surface area contributed by atoms with Gasteiger partial charge in [0.1, 0.15) is 5.75 Å². The van der Waals surface area contributed by atoms with Crippen LogP contribution in [-0.2, 0) is 30.4 Å². The van der Waals surface area contributed by atoms with Crippen molar-refractivity contribution in [3.8, 4) is 5.75 Å². The van der Waals surface area contributed by atoms with Gasteiger partial charge in [-0.15, -0.1) is 0 Å². The molecule has 0 aliphatic carbocycles. The van der Waals surface area contributed by atoms with Crippen LogP contribution in [0.5, 0.6) is 5.75 Å². The summed E-state index contributed by atoms with van der Waals surface area (Å²) < 4.78 is 19.6. The predicted octanol–water partition coefficient (Wildman–Crippen LogP) is 1.48. The normalized spacial score (nSPS) is 11.5. The van der Waals surface area contributed by atoms with Crippen LogP contribution in [-0.4, -0.2) is 38.2 Å². The van der Waals surface area contributed by atoms with E-state index in [1.165, 1.54) is 46.3 Å². The maximum atomic E-state index is 11.5. The Hall–Kier alpha value is -2.41. The van der Waals surface area contributed by atoms with Crippen LogP contribution in [0.1, 0.15) is 29.8 Å². The number of hydrogen-bond acceptors (Lipinski definition) is 7. The first-order valence-electron chi connectivity index (χ1n) is 6.48. The van der Waals surface area contributed by atoms with Crippen molar-refractivity contribution in [2.75, 3.05) is 14.2 Å². The fraction of sp³-hybridized carbons (Fsp3) is 0.400. The molecule has 22 heavy (non-hydrogen) atoms. The number of ether oxygens (including phenoxy) is 4. The topological polar surface area (TPSA) is 88.1 Å². The molecule has 0 heterocycles. The van der Waals surface area contributed by atoms with Gasteiger partial charge in [-0.05, 0) is 25.1 Å². The van der Waals surface area contributed by atoms with Gasteiger partial charge in [0.25, 0.3) is 0 Å². The van der Waals surface area contributed by atoms with Gasteiger partial charge in [0.05, 0.1) is 26.4 Å². The van der Waals surface area contributed by atoms with Gasteiger partial charge in [-0.3, -0.25) is 4.79 Å². The molecule has 1 unspecified atom stereocenters. The summed E-state index contributed by atoms with van der Waals surface area (Å²) in [6, 6.07) is 4.42. The zero-order valence-electron chi connectivity index (χ0n) is 12.9. The highest BCUT2D eigenvalue weighted by Gasteiger charge is 2.17. The lowest BCUT2D eigenvalue weighted by molar-refractivity contribution is -0.153. The van der Waals surface area contributed by atoms with Gasteiger partial charge in [-0.1, -0.05) is 0 Å². The Kier molecular flexibility index (Phi) is 6.52. The third-order valence-corrected chi connectivity index (χ3v) is 2.76. The number of rotatable bonds is 6. The Morgan fingerprint density at radius 3 is 2.36 bits per heavy atom. The van der Waals surface area contributed by atoms with Crippen LogP contribution in [0.3, 0.4) is 0 Å². The van der Waals surface area contributed by atoms with Crippen molar-refractivity contribution in [3.63, 3.8) is 0 Å². The Bertz CT molecular complexity index is 565. The molecule has 0 saturated carbocycles. The predicted molar refractivity (Wildman–Crippen MR) is 75.4 cm³/mol. The van der Waals surface area contributed by atoms with Crippen molar-refractivity contribution >= 4 is 17.9 Å². The lowest BCUT2D eigenvalue weighted by Gasteiger charge is -2.14. The molecule has 1 aromatic rings. The molecule has 120 valence electrons. The second kappa shape index (κ2) is 8.14. The highest BCUT2D eigenvalue weighted by Crippen LogP contribution is 2.22. The number of esters is 3. The van der Waals surface area contributed by atoms with Crippen molar-refractivity contribution < 1.29 is 33.3 Å². The molecule has 0 bridgehead atoms. The summed E-state index contributed by atoms with van der Waals surface area (Å²) in [5, 5.41) is 0. The number of benzene rings is 1. The van der Waals surface area contributed by atoms with E-state index in [0.29, 0.717) is 5.56 Å². The van der Waals surface area contributed by atoms with E-state index in [4.69, 9.17) is 9.47 Å². The van der Waals surface area contributed by atoms with Crippen LogP contribution < -0.4 is 4.74 Å².